The molecule has 1 atom stereocenters. The largest absolute Gasteiger partial charge is 0.462 e. The van der Waals surface area contributed by atoms with Gasteiger partial charge in [0, 0.05) is 19.3 Å². The summed E-state index contributed by atoms with van der Waals surface area (Å²) in [6.07, 6.45) is 51.8. The number of carbonyl (C=O) groups is 3. The van der Waals surface area contributed by atoms with Crippen LogP contribution in [0.4, 0.5) is 0 Å². The zero-order valence-corrected chi connectivity index (χ0v) is 35.0. The van der Waals surface area contributed by atoms with Crippen LogP contribution in [0.15, 0.2) is 72.9 Å². The number of unbranched alkanes of at least 4 members (excludes halogenated alkanes) is 17. The summed E-state index contributed by atoms with van der Waals surface area (Å²) in [5.41, 5.74) is 0. The lowest BCUT2D eigenvalue weighted by atomic mass is 10.1. The highest BCUT2D eigenvalue weighted by Gasteiger charge is 2.19. The number of ether oxygens (including phenoxy) is 3. The van der Waals surface area contributed by atoms with Crippen LogP contribution >= 0.6 is 0 Å². The molecule has 0 aromatic heterocycles. The fourth-order valence-corrected chi connectivity index (χ4v) is 5.71. The van der Waals surface area contributed by atoms with Gasteiger partial charge in [-0.3, -0.25) is 14.4 Å². The average molecular weight is 753 g/mol. The van der Waals surface area contributed by atoms with Crippen LogP contribution in [-0.4, -0.2) is 37.2 Å². The maximum Gasteiger partial charge on any atom is 0.306 e. The summed E-state index contributed by atoms with van der Waals surface area (Å²) < 4.78 is 16.6. The van der Waals surface area contributed by atoms with Gasteiger partial charge in [0.1, 0.15) is 13.2 Å². The predicted molar refractivity (Wildman–Crippen MR) is 228 cm³/mol. The van der Waals surface area contributed by atoms with Gasteiger partial charge in [-0.1, -0.05) is 158 Å². The quantitative estimate of drug-likeness (QED) is 0.0205. The summed E-state index contributed by atoms with van der Waals surface area (Å²) in [6.45, 7) is 6.28. The molecule has 54 heavy (non-hydrogen) atoms. The first-order chi connectivity index (χ1) is 26.5. The second kappa shape index (κ2) is 42.6. The molecule has 0 aliphatic rings. The van der Waals surface area contributed by atoms with Gasteiger partial charge >= 0.3 is 17.9 Å². The SMILES string of the molecule is CC\C=C/C=C\C=C/CCCCCCCCCC(=O)OCC(COC(=O)CCCC/C=C\C/C=C\CC)OC(=O)CCCCCCC/C=C\CCCCC. The van der Waals surface area contributed by atoms with Gasteiger partial charge < -0.3 is 14.2 Å². The van der Waals surface area contributed by atoms with Gasteiger partial charge in [-0.15, -0.1) is 0 Å². The fraction of sp³-hybridized carbons (Fsp3) is 0.688. The summed E-state index contributed by atoms with van der Waals surface area (Å²) in [6, 6.07) is 0. The Labute approximate surface area is 332 Å². The summed E-state index contributed by atoms with van der Waals surface area (Å²) >= 11 is 0. The molecule has 0 aliphatic carbocycles. The van der Waals surface area contributed by atoms with E-state index in [1.807, 2.05) is 0 Å². The zero-order valence-electron chi connectivity index (χ0n) is 35.0. The summed E-state index contributed by atoms with van der Waals surface area (Å²) in [5, 5.41) is 0. The highest BCUT2D eigenvalue weighted by molar-refractivity contribution is 5.71. The highest BCUT2D eigenvalue weighted by atomic mass is 16.6. The molecule has 0 spiro atoms. The van der Waals surface area contributed by atoms with E-state index in [0.717, 1.165) is 96.3 Å². The minimum absolute atomic E-state index is 0.0965. The van der Waals surface area contributed by atoms with E-state index in [1.54, 1.807) is 0 Å². The molecule has 0 amide bonds. The van der Waals surface area contributed by atoms with E-state index in [4.69, 9.17) is 14.2 Å². The maximum absolute atomic E-state index is 12.7. The van der Waals surface area contributed by atoms with Crippen molar-refractivity contribution in [2.45, 2.75) is 200 Å². The highest BCUT2D eigenvalue weighted by Crippen LogP contribution is 2.13. The smallest absolute Gasteiger partial charge is 0.306 e. The van der Waals surface area contributed by atoms with E-state index in [-0.39, 0.29) is 31.1 Å². The lowest BCUT2D eigenvalue weighted by Gasteiger charge is -2.18. The Morgan fingerprint density at radius 3 is 1.37 bits per heavy atom. The van der Waals surface area contributed by atoms with E-state index in [9.17, 15) is 14.4 Å². The lowest BCUT2D eigenvalue weighted by molar-refractivity contribution is -0.167. The third kappa shape index (κ3) is 40.0. The number of carbonyl (C=O) groups excluding carboxylic acids is 3. The van der Waals surface area contributed by atoms with Crippen LogP contribution in [0.3, 0.4) is 0 Å². The van der Waals surface area contributed by atoms with Crippen LogP contribution in [0.2, 0.25) is 0 Å². The van der Waals surface area contributed by atoms with Crippen molar-refractivity contribution in [2.75, 3.05) is 13.2 Å². The van der Waals surface area contributed by atoms with Crippen molar-refractivity contribution in [3.8, 4) is 0 Å². The van der Waals surface area contributed by atoms with Gasteiger partial charge in [-0.2, -0.15) is 0 Å². The summed E-state index contributed by atoms with van der Waals surface area (Å²) in [5.74, 6) is -0.963. The molecule has 0 aromatic rings. The van der Waals surface area contributed by atoms with Crippen molar-refractivity contribution in [3.05, 3.63) is 72.9 Å². The molecule has 0 bridgehead atoms. The number of allylic oxidation sites excluding steroid dienone is 12. The Bertz CT molecular complexity index is 1050. The van der Waals surface area contributed by atoms with Gasteiger partial charge in [-0.25, -0.2) is 0 Å². The molecule has 0 N–H and O–H groups in total. The molecule has 308 valence electrons. The Hall–Kier alpha value is -3.15. The molecule has 0 rings (SSSR count). The molecule has 0 radical (unpaired) electrons. The van der Waals surface area contributed by atoms with Crippen molar-refractivity contribution in [3.63, 3.8) is 0 Å². The third-order valence-electron chi connectivity index (χ3n) is 8.99. The molecule has 0 aliphatic heterocycles. The van der Waals surface area contributed by atoms with E-state index < -0.39 is 6.10 Å². The van der Waals surface area contributed by atoms with Gasteiger partial charge in [0.2, 0.25) is 0 Å². The minimum Gasteiger partial charge on any atom is -0.462 e. The first kappa shape index (κ1) is 50.9. The van der Waals surface area contributed by atoms with E-state index in [0.29, 0.717) is 19.3 Å². The normalized spacial score (nSPS) is 12.7. The molecule has 0 heterocycles. The molecular weight excluding hydrogens is 673 g/mol. The zero-order chi connectivity index (χ0) is 39.4. The van der Waals surface area contributed by atoms with Crippen molar-refractivity contribution in [1.29, 1.82) is 0 Å². The maximum atomic E-state index is 12.7. The van der Waals surface area contributed by atoms with Crippen LogP contribution in [0.5, 0.6) is 0 Å². The Morgan fingerprint density at radius 1 is 0.407 bits per heavy atom. The van der Waals surface area contributed by atoms with Crippen molar-refractivity contribution < 1.29 is 28.6 Å². The first-order valence-electron chi connectivity index (χ1n) is 22.0. The Morgan fingerprint density at radius 2 is 0.815 bits per heavy atom. The van der Waals surface area contributed by atoms with Gasteiger partial charge in [0.05, 0.1) is 0 Å². The standard InChI is InChI=1S/C48H80O6/c1-4-7-10-13-16-19-21-23-24-25-27-29-32-35-38-41-47(50)53-44-45(43-52-46(49)40-37-34-31-28-18-15-12-9-6-3)54-48(51)42-39-36-33-30-26-22-20-17-14-11-8-5-2/h7,9-10,12-13,16-21,28,45H,4-6,8,11,14-15,22-27,29-44H2,1-3H3/b10-7-,12-9-,16-13-,20-17-,21-19-,28-18-. The monoisotopic (exact) mass is 753 g/mol. The predicted octanol–water partition coefficient (Wildman–Crippen LogP) is 13.9. The number of hydrogen-bond donors (Lipinski definition) is 0. The topological polar surface area (TPSA) is 78.9 Å². The van der Waals surface area contributed by atoms with Crippen molar-refractivity contribution >= 4 is 17.9 Å². The average Bonchev–Trinajstić information content (AvgIpc) is 3.17. The fourth-order valence-electron chi connectivity index (χ4n) is 5.71. The van der Waals surface area contributed by atoms with Crippen molar-refractivity contribution in [1.82, 2.24) is 0 Å². The van der Waals surface area contributed by atoms with Crippen LogP contribution in [0, 0.1) is 0 Å². The second-order valence-electron chi connectivity index (χ2n) is 14.2. The molecule has 1 unspecified atom stereocenters. The molecule has 0 saturated heterocycles. The summed E-state index contributed by atoms with van der Waals surface area (Å²) in [4.78, 5) is 37.6. The lowest BCUT2D eigenvalue weighted by Crippen LogP contribution is -2.30. The van der Waals surface area contributed by atoms with E-state index >= 15 is 0 Å². The van der Waals surface area contributed by atoms with E-state index in [2.05, 4.69) is 93.7 Å². The number of hydrogen-bond acceptors (Lipinski definition) is 6. The van der Waals surface area contributed by atoms with E-state index in [1.165, 1.54) is 57.8 Å². The van der Waals surface area contributed by atoms with Crippen LogP contribution in [0.25, 0.3) is 0 Å². The second-order valence-corrected chi connectivity index (χ2v) is 14.2. The molecule has 6 nitrogen and oxygen atoms in total. The molecule has 0 aromatic carbocycles. The molecule has 0 fully saturated rings. The van der Waals surface area contributed by atoms with Crippen molar-refractivity contribution in [2.24, 2.45) is 0 Å². The molecule has 6 heteroatoms. The Balaban J connectivity index is 4.42. The van der Waals surface area contributed by atoms with Gasteiger partial charge in [-0.05, 0) is 89.9 Å². The minimum atomic E-state index is -0.794. The van der Waals surface area contributed by atoms with Gasteiger partial charge in [0.15, 0.2) is 6.10 Å². The first-order valence-corrected chi connectivity index (χ1v) is 22.0. The molecular formula is C48H80O6. The van der Waals surface area contributed by atoms with Crippen LogP contribution in [-0.2, 0) is 28.6 Å². The third-order valence-corrected chi connectivity index (χ3v) is 8.99. The van der Waals surface area contributed by atoms with Gasteiger partial charge in [0.25, 0.3) is 0 Å². The number of rotatable bonds is 38. The number of esters is 3. The molecule has 0 saturated carbocycles. The van der Waals surface area contributed by atoms with Crippen LogP contribution < -0.4 is 0 Å². The Kier molecular flexibility index (Phi) is 40.1. The van der Waals surface area contributed by atoms with Crippen LogP contribution in [0.1, 0.15) is 194 Å². The summed E-state index contributed by atoms with van der Waals surface area (Å²) in [7, 11) is 0.